The van der Waals surface area contributed by atoms with Crippen LogP contribution >= 0.6 is 0 Å². The van der Waals surface area contributed by atoms with Crippen LogP contribution in [0.5, 0.6) is 0 Å². The largest absolute Gasteiger partial charge is 0.391 e. The van der Waals surface area contributed by atoms with Gasteiger partial charge in [0.25, 0.3) is 0 Å². The number of amides is 2. The highest BCUT2D eigenvalue weighted by Crippen LogP contribution is 2.17. The Labute approximate surface area is 104 Å². The Hall–Kier alpha value is -0.770. The van der Waals surface area contributed by atoms with Crippen LogP contribution in [0.1, 0.15) is 52.4 Å². The summed E-state index contributed by atoms with van der Waals surface area (Å²) in [7, 11) is 0. The number of hydrogen-bond acceptors (Lipinski definition) is 2. The van der Waals surface area contributed by atoms with E-state index in [4.69, 9.17) is 0 Å². The van der Waals surface area contributed by atoms with Crippen LogP contribution in [0.3, 0.4) is 0 Å². The van der Waals surface area contributed by atoms with Crippen molar-refractivity contribution < 1.29 is 9.90 Å². The number of aliphatic hydroxyl groups is 1. The van der Waals surface area contributed by atoms with E-state index >= 15 is 0 Å². The van der Waals surface area contributed by atoms with Crippen LogP contribution < -0.4 is 10.6 Å². The third-order valence-corrected chi connectivity index (χ3v) is 3.76. The van der Waals surface area contributed by atoms with Gasteiger partial charge in [-0.2, -0.15) is 0 Å². The topological polar surface area (TPSA) is 61.4 Å². The van der Waals surface area contributed by atoms with Crippen LogP contribution in [0.4, 0.5) is 4.79 Å². The van der Waals surface area contributed by atoms with Crippen LogP contribution in [0.2, 0.25) is 0 Å². The van der Waals surface area contributed by atoms with Crippen LogP contribution in [0.15, 0.2) is 0 Å². The molecule has 1 fully saturated rings. The van der Waals surface area contributed by atoms with Gasteiger partial charge in [0.05, 0.1) is 6.10 Å². The van der Waals surface area contributed by atoms with E-state index in [2.05, 4.69) is 24.5 Å². The molecule has 3 N–H and O–H groups in total. The highest BCUT2D eigenvalue weighted by molar-refractivity contribution is 5.74. The third-order valence-electron chi connectivity index (χ3n) is 3.76. The SMILES string of the molecule is CCC(CC)C(O)CNC(=O)NC1CCCC1. The normalized spacial score (nSPS) is 18.4. The maximum absolute atomic E-state index is 11.6. The lowest BCUT2D eigenvalue weighted by Gasteiger charge is -2.21. The van der Waals surface area contributed by atoms with Gasteiger partial charge in [0, 0.05) is 12.6 Å². The fourth-order valence-corrected chi connectivity index (χ4v) is 2.50. The first-order valence-electron chi connectivity index (χ1n) is 6.89. The molecule has 0 aliphatic heterocycles. The van der Waals surface area contributed by atoms with E-state index < -0.39 is 6.10 Å². The van der Waals surface area contributed by atoms with Gasteiger partial charge in [0.2, 0.25) is 0 Å². The fourth-order valence-electron chi connectivity index (χ4n) is 2.50. The van der Waals surface area contributed by atoms with Gasteiger partial charge >= 0.3 is 6.03 Å². The number of carbonyl (C=O) groups is 1. The second-order valence-corrected chi connectivity index (χ2v) is 4.98. The number of nitrogens with one attached hydrogen (secondary N) is 2. The third kappa shape index (κ3) is 4.94. The van der Waals surface area contributed by atoms with Gasteiger partial charge < -0.3 is 15.7 Å². The molecule has 0 bridgehead atoms. The fraction of sp³-hybridized carbons (Fsp3) is 0.923. The predicted octanol–water partition coefficient (Wildman–Crippen LogP) is 2.03. The van der Waals surface area contributed by atoms with Crippen LogP contribution in [-0.2, 0) is 0 Å². The number of carbonyl (C=O) groups excluding carboxylic acids is 1. The highest BCUT2D eigenvalue weighted by atomic mass is 16.3. The van der Waals surface area contributed by atoms with E-state index in [1.165, 1.54) is 12.8 Å². The molecule has 1 aliphatic rings. The van der Waals surface area contributed by atoms with Crippen molar-refractivity contribution in [1.29, 1.82) is 0 Å². The molecule has 4 heteroatoms. The van der Waals surface area contributed by atoms with Crippen molar-refractivity contribution in [2.45, 2.75) is 64.5 Å². The Morgan fingerprint density at radius 3 is 2.41 bits per heavy atom. The van der Waals surface area contributed by atoms with Crippen molar-refractivity contribution >= 4 is 6.03 Å². The molecule has 2 amide bonds. The first kappa shape index (κ1) is 14.3. The number of rotatable bonds is 6. The lowest BCUT2D eigenvalue weighted by atomic mass is 9.97. The molecule has 0 aromatic heterocycles. The van der Waals surface area contributed by atoms with Gasteiger partial charge in [-0.25, -0.2) is 4.79 Å². The first-order valence-corrected chi connectivity index (χ1v) is 6.89. The van der Waals surface area contributed by atoms with Gasteiger partial charge in [-0.3, -0.25) is 0 Å². The Kier molecular flexibility index (Phi) is 6.34. The predicted molar refractivity (Wildman–Crippen MR) is 68.9 cm³/mol. The van der Waals surface area contributed by atoms with Gasteiger partial charge in [0.1, 0.15) is 0 Å². The van der Waals surface area contributed by atoms with Gasteiger partial charge in [-0.15, -0.1) is 0 Å². The molecule has 0 aromatic carbocycles. The molecule has 4 nitrogen and oxygen atoms in total. The summed E-state index contributed by atoms with van der Waals surface area (Å²) in [6.45, 7) is 4.48. The van der Waals surface area contributed by atoms with Gasteiger partial charge in [-0.1, -0.05) is 39.5 Å². The van der Waals surface area contributed by atoms with Crippen molar-refractivity contribution in [1.82, 2.24) is 10.6 Å². The molecule has 1 saturated carbocycles. The summed E-state index contributed by atoms with van der Waals surface area (Å²) in [5.41, 5.74) is 0. The average Bonchev–Trinajstić information content (AvgIpc) is 2.81. The summed E-state index contributed by atoms with van der Waals surface area (Å²) >= 11 is 0. The first-order chi connectivity index (χ1) is 8.17. The molecular weight excluding hydrogens is 216 g/mol. The Morgan fingerprint density at radius 1 is 1.29 bits per heavy atom. The Bertz CT molecular complexity index is 223. The van der Waals surface area contributed by atoms with E-state index in [9.17, 15) is 9.90 Å². The molecule has 0 saturated heterocycles. The number of aliphatic hydroxyl groups excluding tert-OH is 1. The number of hydrogen-bond donors (Lipinski definition) is 3. The van der Waals surface area contributed by atoms with Gasteiger partial charge in [-0.05, 0) is 18.8 Å². The molecule has 17 heavy (non-hydrogen) atoms. The van der Waals surface area contributed by atoms with Gasteiger partial charge in [0.15, 0.2) is 0 Å². The van der Waals surface area contributed by atoms with Crippen molar-refractivity contribution in [2.75, 3.05) is 6.54 Å². The average molecular weight is 242 g/mol. The van der Waals surface area contributed by atoms with Crippen LogP contribution in [0, 0.1) is 5.92 Å². The molecule has 1 atom stereocenters. The Balaban J connectivity index is 2.17. The van der Waals surface area contributed by atoms with Crippen molar-refractivity contribution in [3.8, 4) is 0 Å². The van der Waals surface area contributed by atoms with Crippen LogP contribution in [0.25, 0.3) is 0 Å². The second kappa shape index (κ2) is 7.54. The monoisotopic (exact) mass is 242 g/mol. The van der Waals surface area contributed by atoms with E-state index in [1.807, 2.05) is 0 Å². The minimum atomic E-state index is -0.431. The maximum Gasteiger partial charge on any atom is 0.315 e. The summed E-state index contributed by atoms with van der Waals surface area (Å²) in [5, 5.41) is 15.6. The highest BCUT2D eigenvalue weighted by Gasteiger charge is 2.19. The van der Waals surface area contributed by atoms with Crippen LogP contribution in [-0.4, -0.2) is 29.8 Å². The zero-order valence-corrected chi connectivity index (χ0v) is 11.0. The zero-order chi connectivity index (χ0) is 12.7. The minimum Gasteiger partial charge on any atom is -0.391 e. The molecule has 1 aliphatic carbocycles. The van der Waals surface area contributed by atoms with E-state index in [1.54, 1.807) is 0 Å². The molecular formula is C13H26N2O2. The Morgan fingerprint density at radius 2 is 1.88 bits per heavy atom. The molecule has 0 radical (unpaired) electrons. The van der Waals surface area contributed by atoms with E-state index in [-0.39, 0.29) is 11.9 Å². The molecule has 0 aromatic rings. The lowest BCUT2D eigenvalue weighted by molar-refractivity contribution is 0.103. The summed E-state index contributed by atoms with van der Waals surface area (Å²) in [5.74, 6) is 0.279. The number of urea groups is 1. The smallest absolute Gasteiger partial charge is 0.315 e. The molecule has 100 valence electrons. The van der Waals surface area contributed by atoms with Crippen molar-refractivity contribution in [3.63, 3.8) is 0 Å². The molecule has 1 unspecified atom stereocenters. The lowest BCUT2D eigenvalue weighted by Crippen LogP contribution is -2.44. The minimum absolute atomic E-state index is 0.137. The summed E-state index contributed by atoms with van der Waals surface area (Å²) < 4.78 is 0. The standard InChI is InChI=1S/C13H26N2O2/c1-3-10(4-2)12(16)9-14-13(17)15-11-7-5-6-8-11/h10-12,16H,3-9H2,1-2H3,(H2,14,15,17). The van der Waals surface area contributed by atoms with E-state index in [0.29, 0.717) is 12.6 Å². The van der Waals surface area contributed by atoms with Crippen molar-refractivity contribution in [3.05, 3.63) is 0 Å². The molecule has 1 rings (SSSR count). The van der Waals surface area contributed by atoms with E-state index in [0.717, 1.165) is 25.7 Å². The summed E-state index contributed by atoms with van der Waals surface area (Å²) in [4.78, 5) is 11.6. The molecule has 0 spiro atoms. The zero-order valence-electron chi connectivity index (χ0n) is 11.0. The quantitative estimate of drug-likeness (QED) is 0.667. The van der Waals surface area contributed by atoms with Crippen molar-refractivity contribution in [2.24, 2.45) is 5.92 Å². The maximum atomic E-state index is 11.6. The summed E-state index contributed by atoms with van der Waals surface area (Å²) in [6, 6.07) is 0.196. The second-order valence-electron chi connectivity index (χ2n) is 4.98. The summed E-state index contributed by atoms with van der Waals surface area (Å²) in [6.07, 6.45) is 6.06. The molecule has 0 heterocycles.